The molecule has 17 heavy (non-hydrogen) atoms. The SMILES string of the molecule is CC(=O)NC(CS(=O)CCCCC#N)C(=O)O. The van der Waals surface area contributed by atoms with Crippen LogP contribution in [0.3, 0.4) is 0 Å². The van der Waals surface area contributed by atoms with Gasteiger partial charge in [0.25, 0.3) is 0 Å². The molecule has 0 rings (SSSR count). The van der Waals surface area contributed by atoms with Crippen LogP contribution in [-0.2, 0) is 20.4 Å². The lowest BCUT2D eigenvalue weighted by atomic mass is 10.3. The lowest BCUT2D eigenvalue weighted by Crippen LogP contribution is -2.43. The van der Waals surface area contributed by atoms with E-state index in [0.717, 1.165) is 0 Å². The van der Waals surface area contributed by atoms with Gasteiger partial charge in [-0.2, -0.15) is 5.26 Å². The maximum atomic E-state index is 11.5. The van der Waals surface area contributed by atoms with Gasteiger partial charge in [-0.1, -0.05) is 0 Å². The van der Waals surface area contributed by atoms with Gasteiger partial charge in [-0.15, -0.1) is 0 Å². The molecular formula is C10H16N2O4S. The summed E-state index contributed by atoms with van der Waals surface area (Å²) in [5.74, 6) is -1.39. The summed E-state index contributed by atoms with van der Waals surface area (Å²) >= 11 is 0. The Labute approximate surface area is 102 Å². The molecule has 0 aliphatic rings. The van der Waals surface area contributed by atoms with Crippen molar-refractivity contribution in [1.82, 2.24) is 5.32 Å². The molecule has 0 aliphatic carbocycles. The van der Waals surface area contributed by atoms with Gasteiger partial charge in [0.15, 0.2) is 0 Å². The minimum atomic E-state index is -1.30. The van der Waals surface area contributed by atoms with Crippen LogP contribution in [0.2, 0.25) is 0 Å². The highest BCUT2D eigenvalue weighted by Crippen LogP contribution is 1.99. The van der Waals surface area contributed by atoms with Crippen molar-refractivity contribution < 1.29 is 18.9 Å². The van der Waals surface area contributed by atoms with E-state index in [2.05, 4.69) is 5.32 Å². The number of rotatable bonds is 8. The molecule has 7 heteroatoms. The molecule has 0 aromatic carbocycles. The third-order valence-corrected chi connectivity index (χ3v) is 3.39. The summed E-state index contributed by atoms with van der Waals surface area (Å²) < 4.78 is 11.5. The summed E-state index contributed by atoms with van der Waals surface area (Å²) in [7, 11) is -1.30. The zero-order chi connectivity index (χ0) is 13.3. The Bertz CT molecular complexity index is 338. The maximum absolute atomic E-state index is 11.5. The van der Waals surface area contributed by atoms with Crippen molar-refractivity contribution in [2.24, 2.45) is 0 Å². The van der Waals surface area contributed by atoms with E-state index in [0.29, 0.717) is 25.0 Å². The number of carboxylic acids is 1. The van der Waals surface area contributed by atoms with Gasteiger partial charge in [0.05, 0.1) is 11.8 Å². The highest BCUT2D eigenvalue weighted by atomic mass is 32.2. The molecule has 2 N–H and O–H groups in total. The standard InChI is InChI=1S/C10H16N2O4S/c1-8(13)12-9(10(14)15)7-17(16)6-4-2-3-5-11/h9H,2-4,6-7H2,1H3,(H,12,13)(H,14,15). The Morgan fingerprint density at radius 1 is 1.47 bits per heavy atom. The number of unbranched alkanes of at least 4 members (excludes halogenated alkanes) is 2. The topological polar surface area (TPSA) is 107 Å². The van der Waals surface area contributed by atoms with Crippen LogP contribution >= 0.6 is 0 Å². The minimum Gasteiger partial charge on any atom is -0.480 e. The predicted octanol–water partition coefficient (Wildman–Crippen LogP) is 0.0183. The van der Waals surface area contributed by atoms with Gasteiger partial charge < -0.3 is 10.4 Å². The normalized spacial score (nSPS) is 13.4. The third kappa shape index (κ3) is 8.39. The molecule has 0 saturated carbocycles. The Hall–Kier alpha value is -1.42. The molecule has 0 radical (unpaired) electrons. The van der Waals surface area contributed by atoms with E-state index in [1.165, 1.54) is 6.92 Å². The first-order valence-electron chi connectivity index (χ1n) is 5.19. The number of nitrogens with zero attached hydrogens (tertiary/aromatic N) is 1. The van der Waals surface area contributed by atoms with Crippen LogP contribution in [0.1, 0.15) is 26.2 Å². The molecule has 0 saturated heterocycles. The van der Waals surface area contributed by atoms with Crippen molar-refractivity contribution in [3.05, 3.63) is 0 Å². The molecule has 0 bridgehead atoms. The fourth-order valence-electron chi connectivity index (χ4n) is 1.16. The molecule has 0 fully saturated rings. The van der Waals surface area contributed by atoms with E-state index in [-0.39, 0.29) is 5.75 Å². The Morgan fingerprint density at radius 3 is 2.59 bits per heavy atom. The van der Waals surface area contributed by atoms with Crippen LogP contribution in [-0.4, -0.2) is 38.7 Å². The fourth-order valence-corrected chi connectivity index (χ4v) is 2.45. The summed E-state index contributed by atoms with van der Waals surface area (Å²) in [6, 6.07) is 0.869. The van der Waals surface area contributed by atoms with E-state index >= 15 is 0 Å². The molecule has 0 heterocycles. The number of nitriles is 1. The molecule has 0 aromatic rings. The Kier molecular flexibility index (Phi) is 7.97. The van der Waals surface area contributed by atoms with Crippen molar-refractivity contribution in [2.45, 2.75) is 32.2 Å². The van der Waals surface area contributed by atoms with E-state index in [9.17, 15) is 13.8 Å². The number of nitrogens with one attached hydrogen (secondary N) is 1. The largest absolute Gasteiger partial charge is 0.480 e. The summed E-state index contributed by atoms with van der Waals surface area (Å²) in [6.07, 6.45) is 1.68. The second-order valence-corrected chi connectivity index (χ2v) is 5.14. The second-order valence-electron chi connectivity index (χ2n) is 3.52. The van der Waals surface area contributed by atoms with Crippen LogP contribution in [0.4, 0.5) is 0 Å². The zero-order valence-corrected chi connectivity index (χ0v) is 10.5. The first-order valence-corrected chi connectivity index (χ1v) is 6.68. The summed E-state index contributed by atoms with van der Waals surface area (Å²) in [6.45, 7) is 1.21. The van der Waals surface area contributed by atoms with E-state index in [1.807, 2.05) is 6.07 Å². The second kappa shape index (κ2) is 8.70. The summed E-state index contributed by atoms with van der Waals surface area (Å²) in [5, 5.41) is 19.3. The molecule has 6 nitrogen and oxygen atoms in total. The van der Waals surface area contributed by atoms with Crippen molar-refractivity contribution in [2.75, 3.05) is 11.5 Å². The Morgan fingerprint density at radius 2 is 2.12 bits per heavy atom. The summed E-state index contributed by atoms with van der Waals surface area (Å²) in [5.41, 5.74) is 0. The first kappa shape index (κ1) is 15.6. The van der Waals surface area contributed by atoms with Gasteiger partial charge in [0.1, 0.15) is 6.04 Å². The lowest BCUT2D eigenvalue weighted by molar-refractivity contribution is -0.140. The number of hydrogen-bond acceptors (Lipinski definition) is 4. The molecule has 0 spiro atoms. The van der Waals surface area contributed by atoms with Crippen LogP contribution in [0, 0.1) is 11.3 Å². The van der Waals surface area contributed by atoms with E-state index < -0.39 is 28.7 Å². The molecule has 96 valence electrons. The third-order valence-electron chi connectivity index (χ3n) is 1.94. The summed E-state index contributed by atoms with van der Waals surface area (Å²) in [4.78, 5) is 21.5. The van der Waals surface area contributed by atoms with Crippen LogP contribution < -0.4 is 5.32 Å². The quantitative estimate of drug-likeness (QED) is 0.598. The van der Waals surface area contributed by atoms with E-state index in [4.69, 9.17) is 10.4 Å². The number of carbonyl (C=O) groups is 2. The lowest BCUT2D eigenvalue weighted by Gasteiger charge is -2.12. The van der Waals surface area contributed by atoms with Crippen LogP contribution in [0.25, 0.3) is 0 Å². The minimum absolute atomic E-state index is 0.0958. The highest BCUT2D eigenvalue weighted by Gasteiger charge is 2.20. The smallest absolute Gasteiger partial charge is 0.327 e. The van der Waals surface area contributed by atoms with Gasteiger partial charge >= 0.3 is 5.97 Å². The Balaban J connectivity index is 4.01. The zero-order valence-electron chi connectivity index (χ0n) is 9.64. The average Bonchev–Trinajstić information content (AvgIpc) is 2.22. The molecule has 1 amide bonds. The maximum Gasteiger partial charge on any atom is 0.327 e. The van der Waals surface area contributed by atoms with Crippen molar-refractivity contribution in [3.63, 3.8) is 0 Å². The molecule has 0 aromatic heterocycles. The van der Waals surface area contributed by atoms with Crippen molar-refractivity contribution >= 4 is 22.7 Å². The van der Waals surface area contributed by atoms with Crippen LogP contribution in [0.5, 0.6) is 0 Å². The van der Waals surface area contributed by atoms with Crippen molar-refractivity contribution in [3.8, 4) is 6.07 Å². The molecule has 2 atom stereocenters. The average molecular weight is 260 g/mol. The monoisotopic (exact) mass is 260 g/mol. The number of carboxylic acid groups (broad SMARTS) is 1. The predicted molar refractivity (Wildman–Crippen MR) is 62.6 cm³/mol. The molecule has 0 aliphatic heterocycles. The fraction of sp³-hybridized carbons (Fsp3) is 0.700. The van der Waals surface area contributed by atoms with Gasteiger partial charge in [-0.25, -0.2) is 4.79 Å². The molecular weight excluding hydrogens is 244 g/mol. The first-order chi connectivity index (χ1) is 7.97. The van der Waals surface area contributed by atoms with Gasteiger partial charge in [-0.05, 0) is 12.8 Å². The number of amides is 1. The van der Waals surface area contributed by atoms with E-state index in [1.54, 1.807) is 0 Å². The highest BCUT2D eigenvalue weighted by molar-refractivity contribution is 7.85. The number of aliphatic carboxylic acids is 1. The van der Waals surface area contributed by atoms with Crippen molar-refractivity contribution in [1.29, 1.82) is 5.26 Å². The van der Waals surface area contributed by atoms with Crippen LogP contribution in [0.15, 0.2) is 0 Å². The molecule has 2 unspecified atom stereocenters. The number of carbonyl (C=O) groups excluding carboxylic acids is 1. The van der Waals surface area contributed by atoms with Gasteiger partial charge in [0, 0.05) is 29.9 Å². The van der Waals surface area contributed by atoms with Gasteiger partial charge in [-0.3, -0.25) is 9.00 Å². The van der Waals surface area contributed by atoms with Gasteiger partial charge in [0.2, 0.25) is 5.91 Å². The number of hydrogen-bond donors (Lipinski definition) is 2.